The number of fused-ring (bicyclic) bond motifs is 1. The number of pyridine rings is 1. The second-order valence-electron chi connectivity index (χ2n) is 4.94. The van der Waals surface area contributed by atoms with E-state index in [1.54, 1.807) is 12.3 Å². The lowest BCUT2D eigenvalue weighted by Gasteiger charge is -2.06. The molecule has 4 N–H and O–H groups in total. The van der Waals surface area contributed by atoms with E-state index in [9.17, 15) is 9.60 Å². The van der Waals surface area contributed by atoms with Crippen LogP contribution in [0.25, 0.3) is 11.2 Å². The molecule has 2 aromatic heterocycles. The number of amidine groups is 1. The lowest BCUT2D eigenvalue weighted by molar-refractivity contribution is 0.235. The third-order valence-electron chi connectivity index (χ3n) is 3.33. The first-order valence-electron chi connectivity index (χ1n) is 7.16. The molecule has 0 radical (unpaired) electrons. The van der Waals surface area contributed by atoms with E-state index >= 15 is 0 Å². The average Bonchev–Trinajstić information content (AvgIpc) is 3.04. The van der Waals surface area contributed by atoms with Crippen LogP contribution in [0.3, 0.4) is 0 Å². The number of nitrogens with one attached hydrogen (secondary N) is 3. The zero-order valence-electron chi connectivity index (χ0n) is 13.0. The summed E-state index contributed by atoms with van der Waals surface area (Å²) in [6, 6.07) is 5.71. The number of benzene rings is 1. The number of hydroxylamine groups is 1. The van der Waals surface area contributed by atoms with E-state index in [1.165, 1.54) is 30.1 Å². The molecule has 0 aliphatic rings. The predicted molar refractivity (Wildman–Crippen MR) is 96.8 cm³/mol. The summed E-state index contributed by atoms with van der Waals surface area (Å²) in [5, 5.41) is 9.46. The van der Waals surface area contributed by atoms with Crippen molar-refractivity contribution in [2.45, 2.75) is 6.54 Å². The number of aromatic amines is 1. The van der Waals surface area contributed by atoms with Crippen LogP contribution in [0.2, 0.25) is 5.02 Å². The summed E-state index contributed by atoms with van der Waals surface area (Å²) >= 11 is 7.25. The molecule has 25 heavy (non-hydrogen) atoms. The summed E-state index contributed by atoms with van der Waals surface area (Å²) in [5.41, 5.74) is 4.13. The zero-order valence-corrected chi connectivity index (χ0v) is 14.6. The van der Waals surface area contributed by atoms with E-state index in [0.29, 0.717) is 34.8 Å². The first-order valence-corrected chi connectivity index (χ1v) is 8.76. The van der Waals surface area contributed by atoms with Crippen LogP contribution in [-0.4, -0.2) is 32.3 Å². The van der Waals surface area contributed by atoms with Gasteiger partial charge in [-0.3, -0.25) is 15.4 Å². The summed E-state index contributed by atoms with van der Waals surface area (Å²) in [6.45, 7) is 0.531. The van der Waals surface area contributed by atoms with Crippen LogP contribution >= 0.6 is 23.5 Å². The largest absolute Gasteiger partial charge is 0.339 e. The smallest absolute Gasteiger partial charge is 0.178 e. The Morgan fingerprint density at radius 3 is 3.00 bits per heavy atom. The van der Waals surface area contributed by atoms with Gasteiger partial charge in [-0.25, -0.2) is 19.4 Å². The second kappa shape index (κ2) is 7.79. The Hall–Kier alpha value is -2.20. The summed E-state index contributed by atoms with van der Waals surface area (Å²) in [4.78, 5) is 16.0. The molecule has 0 amide bonds. The van der Waals surface area contributed by atoms with Crippen molar-refractivity contribution in [1.82, 2.24) is 25.2 Å². The van der Waals surface area contributed by atoms with Crippen molar-refractivity contribution in [3.8, 4) is 0 Å². The van der Waals surface area contributed by atoms with Crippen LogP contribution in [0.4, 0.5) is 10.1 Å². The van der Waals surface area contributed by atoms with Crippen molar-refractivity contribution in [2.24, 2.45) is 4.99 Å². The predicted octanol–water partition coefficient (Wildman–Crippen LogP) is 3.18. The fourth-order valence-electron chi connectivity index (χ4n) is 2.21. The highest BCUT2D eigenvalue weighted by Gasteiger charge is 2.13. The van der Waals surface area contributed by atoms with E-state index < -0.39 is 5.82 Å². The average molecular weight is 381 g/mol. The van der Waals surface area contributed by atoms with Gasteiger partial charge in [0.05, 0.1) is 22.8 Å². The van der Waals surface area contributed by atoms with E-state index in [4.69, 9.17) is 11.6 Å². The SMILES string of the molecule is CSNCc1nc2nccc(C(=Nc3ccc(F)c(Cl)c3)NO)c2[nH]1. The first-order chi connectivity index (χ1) is 12.1. The number of rotatable bonds is 5. The van der Waals surface area contributed by atoms with Crippen molar-refractivity contribution in [2.75, 3.05) is 6.26 Å². The molecular weight excluding hydrogens is 367 g/mol. The van der Waals surface area contributed by atoms with E-state index in [2.05, 4.69) is 30.1 Å². The van der Waals surface area contributed by atoms with Crippen LogP contribution in [0.15, 0.2) is 35.5 Å². The zero-order chi connectivity index (χ0) is 17.8. The maximum atomic E-state index is 13.3. The molecule has 3 aromatic rings. The number of nitrogens with zero attached hydrogens (tertiary/aromatic N) is 3. The summed E-state index contributed by atoms with van der Waals surface area (Å²) in [5.74, 6) is 0.319. The second-order valence-corrected chi connectivity index (χ2v) is 6.04. The monoisotopic (exact) mass is 380 g/mol. The Kier molecular flexibility index (Phi) is 5.49. The topological polar surface area (TPSA) is 98.2 Å². The van der Waals surface area contributed by atoms with Crippen LogP contribution in [0, 0.1) is 5.82 Å². The molecule has 0 aliphatic carbocycles. The van der Waals surface area contributed by atoms with Gasteiger partial charge >= 0.3 is 0 Å². The van der Waals surface area contributed by atoms with Gasteiger partial charge in [-0.2, -0.15) is 0 Å². The van der Waals surface area contributed by atoms with Crippen molar-refractivity contribution >= 4 is 46.2 Å². The maximum Gasteiger partial charge on any atom is 0.178 e. The lowest BCUT2D eigenvalue weighted by Crippen LogP contribution is -2.20. The van der Waals surface area contributed by atoms with Crippen molar-refractivity contribution in [1.29, 1.82) is 0 Å². The molecule has 0 saturated carbocycles. The van der Waals surface area contributed by atoms with Crippen molar-refractivity contribution in [3.05, 3.63) is 52.7 Å². The number of aliphatic imine (C=N–C) groups is 1. The number of hydrogen-bond acceptors (Lipinski definition) is 6. The van der Waals surface area contributed by atoms with Gasteiger partial charge in [0.2, 0.25) is 0 Å². The first kappa shape index (κ1) is 17.6. The molecule has 0 atom stereocenters. The van der Waals surface area contributed by atoms with Gasteiger partial charge in [-0.05, 0) is 30.5 Å². The molecule has 0 fully saturated rings. The van der Waals surface area contributed by atoms with Gasteiger partial charge in [0.25, 0.3) is 0 Å². The number of aromatic nitrogens is 3. The summed E-state index contributed by atoms with van der Waals surface area (Å²) < 4.78 is 16.4. The lowest BCUT2D eigenvalue weighted by atomic mass is 10.2. The van der Waals surface area contributed by atoms with Crippen LogP contribution in [0.1, 0.15) is 11.4 Å². The molecule has 2 heterocycles. The Bertz CT molecular complexity index is 932. The van der Waals surface area contributed by atoms with Crippen LogP contribution < -0.4 is 10.2 Å². The minimum atomic E-state index is -0.537. The highest BCUT2D eigenvalue weighted by molar-refractivity contribution is 7.96. The number of hydrogen-bond donors (Lipinski definition) is 4. The van der Waals surface area contributed by atoms with Gasteiger partial charge in [0.15, 0.2) is 11.5 Å². The molecule has 10 heteroatoms. The van der Waals surface area contributed by atoms with Gasteiger partial charge in [0.1, 0.15) is 11.6 Å². The Labute approximate surface area is 151 Å². The summed E-state index contributed by atoms with van der Waals surface area (Å²) in [6.07, 6.45) is 3.48. The van der Waals surface area contributed by atoms with Crippen LogP contribution in [-0.2, 0) is 6.54 Å². The molecule has 0 spiro atoms. The van der Waals surface area contributed by atoms with E-state index in [1.807, 2.05) is 6.26 Å². The van der Waals surface area contributed by atoms with E-state index in [-0.39, 0.29) is 10.9 Å². The fraction of sp³-hybridized carbons (Fsp3) is 0.133. The normalized spacial score (nSPS) is 11.9. The molecule has 0 unspecified atom stereocenters. The molecule has 1 aromatic carbocycles. The third-order valence-corrected chi connectivity index (χ3v) is 4.05. The Balaban J connectivity index is 2.03. The quantitative estimate of drug-likeness (QED) is 0.235. The minimum absolute atomic E-state index is 0.0506. The Morgan fingerprint density at radius 1 is 1.44 bits per heavy atom. The number of H-pyrrole nitrogens is 1. The maximum absolute atomic E-state index is 13.3. The standard InChI is InChI=1S/C15H14ClFN6OS/c1-25-19-7-12-21-13-9(4-5-18-15(13)22-12)14(23-24)20-8-2-3-11(17)10(16)6-8/h2-6,19,24H,7H2,1H3,(H,20,23)(H,18,21,22). The highest BCUT2D eigenvalue weighted by atomic mass is 35.5. The molecule has 3 rings (SSSR count). The number of halogens is 2. The molecule has 0 aliphatic heterocycles. The van der Waals surface area contributed by atoms with Gasteiger partial charge in [0, 0.05) is 11.8 Å². The summed E-state index contributed by atoms with van der Waals surface area (Å²) in [7, 11) is 0. The van der Waals surface area contributed by atoms with Gasteiger partial charge in [-0.1, -0.05) is 23.5 Å². The number of imidazole rings is 1. The van der Waals surface area contributed by atoms with Crippen molar-refractivity contribution in [3.63, 3.8) is 0 Å². The Morgan fingerprint density at radius 2 is 2.28 bits per heavy atom. The minimum Gasteiger partial charge on any atom is -0.339 e. The fourth-order valence-corrected chi connectivity index (χ4v) is 2.67. The van der Waals surface area contributed by atoms with Crippen molar-refractivity contribution < 1.29 is 9.60 Å². The highest BCUT2D eigenvalue weighted by Crippen LogP contribution is 2.23. The van der Waals surface area contributed by atoms with E-state index in [0.717, 1.165) is 0 Å². The molecule has 0 bridgehead atoms. The molecular formula is C15H14ClFN6OS. The van der Waals surface area contributed by atoms with Gasteiger partial charge < -0.3 is 4.98 Å². The molecule has 7 nitrogen and oxygen atoms in total. The van der Waals surface area contributed by atoms with Crippen LogP contribution in [0.5, 0.6) is 0 Å². The molecule has 130 valence electrons. The molecule has 0 saturated heterocycles. The third kappa shape index (κ3) is 3.90. The van der Waals surface area contributed by atoms with Gasteiger partial charge in [-0.15, -0.1) is 0 Å².